The minimum atomic E-state index is -0.270. The summed E-state index contributed by atoms with van der Waals surface area (Å²) in [6, 6.07) is 14.6. The van der Waals surface area contributed by atoms with Crippen LogP contribution in [0.25, 0.3) is 26.8 Å². The number of hydrogen-bond acceptors (Lipinski definition) is 7. The Morgan fingerprint density at radius 3 is 2.59 bits per heavy atom. The number of thiophene rings is 1. The van der Waals surface area contributed by atoms with Crippen LogP contribution in [0.15, 0.2) is 63.3 Å². The topological polar surface area (TPSA) is 89.9 Å². The molecule has 0 amide bonds. The van der Waals surface area contributed by atoms with Crippen LogP contribution in [-0.2, 0) is 0 Å². The number of H-pyrrole nitrogens is 1. The summed E-state index contributed by atoms with van der Waals surface area (Å²) in [5, 5.41) is 1.37. The molecule has 0 radical (unpaired) electrons. The molecule has 1 atom stereocenters. The Kier molecular flexibility index (Phi) is 5.75. The third-order valence-corrected chi connectivity index (χ3v) is 7.96. The van der Waals surface area contributed by atoms with E-state index in [0.717, 1.165) is 15.3 Å². The highest BCUT2D eigenvalue weighted by Gasteiger charge is 2.21. The number of nitrogens with one attached hydrogen (secondary N) is 1. The molecule has 0 bridgehead atoms. The molecular formula is C25H22N4O3S2. The van der Waals surface area contributed by atoms with Crippen LogP contribution in [0, 0.1) is 13.8 Å². The molecule has 2 aromatic carbocycles. The fourth-order valence-corrected chi connectivity index (χ4v) is 5.91. The van der Waals surface area contributed by atoms with Gasteiger partial charge in [0.2, 0.25) is 0 Å². The first kappa shape index (κ1) is 22.4. The first-order valence-corrected chi connectivity index (χ1v) is 12.4. The Labute approximate surface area is 203 Å². The van der Waals surface area contributed by atoms with E-state index in [-0.39, 0.29) is 16.4 Å². The van der Waals surface area contributed by atoms with Gasteiger partial charge in [0.1, 0.15) is 16.4 Å². The molecule has 0 spiro atoms. The van der Waals surface area contributed by atoms with Crippen LogP contribution in [0.4, 0.5) is 0 Å². The molecular weight excluding hydrogens is 468 g/mol. The number of rotatable bonds is 5. The summed E-state index contributed by atoms with van der Waals surface area (Å²) < 4.78 is 7.10. The van der Waals surface area contributed by atoms with Crippen molar-refractivity contribution in [3.05, 3.63) is 85.5 Å². The van der Waals surface area contributed by atoms with Crippen molar-refractivity contribution in [2.75, 3.05) is 7.11 Å². The Morgan fingerprint density at radius 1 is 1.06 bits per heavy atom. The zero-order chi connectivity index (χ0) is 24.0. The van der Waals surface area contributed by atoms with Gasteiger partial charge in [-0.25, -0.2) is 9.97 Å². The van der Waals surface area contributed by atoms with Gasteiger partial charge in [0.15, 0.2) is 5.16 Å². The lowest BCUT2D eigenvalue weighted by Crippen LogP contribution is -2.22. The number of hydrogen-bond donors (Lipinski definition) is 1. The average molecular weight is 491 g/mol. The molecule has 5 rings (SSSR count). The van der Waals surface area contributed by atoms with Gasteiger partial charge in [0, 0.05) is 4.88 Å². The number of methoxy groups -OCH3 is 1. The Balaban J connectivity index is 1.67. The Hall–Kier alpha value is -3.43. The molecule has 3 aromatic heterocycles. The van der Waals surface area contributed by atoms with E-state index >= 15 is 0 Å². The molecule has 1 N–H and O–H groups in total. The zero-order valence-corrected chi connectivity index (χ0v) is 20.7. The second-order valence-electron chi connectivity index (χ2n) is 7.90. The molecule has 0 fully saturated rings. The molecule has 3 heterocycles. The first-order valence-electron chi connectivity index (χ1n) is 10.7. The molecule has 0 aliphatic heterocycles. The van der Waals surface area contributed by atoms with Crippen molar-refractivity contribution >= 4 is 44.2 Å². The maximum atomic E-state index is 13.6. The van der Waals surface area contributed by atoms with E-state index in [1.54, 1.807) is 17.7 Å². The number of fused-ring (bicyclic) bond motifs is 2. The van der Waals surface area contributed by atoms with Gasteiger partial charge in [-0.2, -0.15) is 0 Å². The lowest BCUT2D eigenvalue weighted by molar-refractivity contribution is 0.411. The molecule has 172 valence electrons. The number of para-hydroxylation sites is 3. The number of aromatic nitrogens is 4. The van der Waals surface area contributed by atoms with Crippen molar-refractivity contribution in [2.45, 2.75) is 31.2 Å². The van der Waals surface area contributed by atoms with Gasteiger partial charge in [0.25, 0.3) is 11.1 Å². The van der Waals surface area contributed by atoms with E-state index in [1.807, 2.05) is 63.2 Å². The van der Waals surface area contributed by atoms with E-state index in [1.165, 1.54) is 23.1 Å². The van der Waals surface area contributed by atoms with Gasteiger partial charge >= 0.3 is 0 Å². The highest BCUT2D eigenvalue weighted by Crippen LogP contribution is 2.36. The molecule has 9 heteroatoms. The SMILES string of the molecule is COc1ccccc1-n1c(SC(C)c2nc3sc(C)c(C)c3c(=O)[nH]2)nc2ccccc2c1=O. The van der Waals surface area contributed by atoms with Gasteiger partial charge in [-0.3, -0.25) is 14.2 Å². The molecule has 0 saturated carbocycles. The molecule has 5 aromatic rings. The first-order chi connectivity index (χ1) is 16.4. The van der Waals surface area contributed by atoms with Crippen molar-refractivity contribution < 1.29 is 4.74 Å². The predicted molar refractivity (Wildman–Crippen MR) is 138 cm³/mol. The third-order valence-electron chi connectivity index (χ3n) is 5.80. The van der Waals surface area contributed by atoms with Crippen LogP contribution < -0.4 is 15.9 Å². The minimum Gasteiger partial charge on any atom is -0.495 e. The number of benzene rings is 2. The maximum absolute atomic E-state index is 13.6. The largest absolute Gasteiger partial charge is 0.495 e. The van der Waals surface area contributed by atoms with E-state index < -0.39 is 0 Å². The average Bonchev–Trinajstić information content (AvgIpc) is 3.13. The maximum Gasteiger partial charge on any atom is 0.266 e. The molecule has 0 aliphatic carbocycles. The lowest BCUT2D eigenvalue weighted by atomic mass is 10.2. The molecule has 34 heavy (non-hydrogen) atoms. The highest BCUT2D eigenvalue weighted by atomic mass is 32.2. The van der Waals surface area contributed by atoms with E-state index in [2.05, 4.69) is 4.98 Å². The van der Waals surface area contributed by atoms with Crippen LogP contribution >= 0.6 is 23.1 Å². The van der Waals surface area contributed by atoms with Gasteiger partial charge in [-0.1, -0.05) is 36.0 Å². The summed E-state index contributed by atoms with van der Waals surface area (Å²) in [7, 11) is 1.57. The summed E-state index contributed by atoms with van der Waals surface area (Å²) in [6.45, 7) is 5.87. The summed E-state index contributed by atoms with van der Waals surface area (Å²) in [5.41, 5.74) is 1.83. The van der Waals surface area contributed by atoms with Crippen LogP contribution in [-0.4, -0.2) is 26.6 Å². The fraction of sp³-hybridized carbons (Fsp3) is 0.200. The van der Waals surface area contributed by atoms with Crippen molar-refractivity contribution in [1.82, 2.24) is 19.5 Å². The summed E-state index contributed by atoms with van der Waals surface area (Å²) in [5.74, 6) is 1.10. The van der Waals surface area contributed by atoms with E-state index in [4.69, 9.17) is 14.7 Å². The van der Waals surface area contributed by atoms with Gasteiger partial charge in [-0.15, -0.1) is 11.3 Å². The normalized spacial score (nSPS) is 12.4. The quantitative estimate of drug-likeness (QED) is 0.270. The van der Waals surface area contributed by atoms with Crippen molar-refractivity contribution in [2.24, 2.45) is 0 Å². The van der Waals surface area contributed by atoms with Crippen LogP contribution in [0.2, 0.25) is 0 Å². The second-order valence-corrected chi connectivity index (χ2v) is 10.4. The summed E-state index contributed by atoms with van der Waals surface area (Å²) in [6.07, 6.45) is 0. The monoisotopic (exact) mass is 490 g/mol. The van der Waals surface area contributed by atoms with Crippen LogP contribution in [0.1, 0.15) is 28.4 Å². The number of ether oxygens (including phenoxy) is 1. The second kappa shape index (κ2) is 8.73. The highest BCUT2D eigenvalue weighted by molar-refractivity contribution is 7.99. The molecule has 0 aliphatic rings. The van der Waals surface area contributed by atoms with Crippen molar-refractivity contribution in [3.8, 4) is 11.4 Å². The van der Waals surface area contributed by atoms with Gasteiger partial charge in [-0.05, 0) is 50.6 Å². The predicted octanol–water partition coefficient (Wildman–Crippen LogP) is 5.16. The standard InChI is InChI=1S/C25H22N4O3S2/c1-13-14(2)33-23-20(13)22(30)27-21(28-23)15(3)34-25-26-17-10-6-5-9-16(17)24(31)29(25)18-11-7-8-12-19(18)32-4/h5-12,15H,1-4H3,(H,27,28,30). The summed E-state index contributed by atoms with van der Waals surface area (Å²) in [4.78, 5) is 40.7. The van der Waals surface area contributed by atoms with E-state index in [0.29, 0.717) is 38.7 Å². The molecule has 7 nitrogen and oxygen atoms in total. The van der Waals surface area contributed by atoms with Crippen LogP contribution in [0.5, 0.6) is 5.75 Å². The van der Waals surface area contributed by atoms with Gasteiger partial charge in [0.05, 0.1) is 34.3 Å². The molecule has 0 saturated heterocycles. The fourth-order valence-electron chi connectivity index (χ4n) is 3.90. The van der Waals surface area contributed by atoms with Crippen LogP contribution in [0.3, 0.4) is 0 Å². The summed E-state index contributed by atoms with van der Waals surface area (Å²) >= 11 is 2.88. The van der Waals surface area contributed by atoms with Crippen molar-refractivity contribution in [3.63, 3.8) is 0 Å². The Morgan fingerprint density at radius 2 is 1.79 bits per heavy atom. The number of thioether (sulfide) groups is 1. The Bertz CT molecular complexity index is 1670. The van der Waals surface area contributed by atoms with Crippen molar-refractivity contribution in [1.29, 1.82) is 0 Å². The third kappa shape index (κ3) is 3.70. The lowest BCUT2D eigenvalue weighted by Gasteiger charge is -2.17. The van der Waals surface area contributed by atoms with Gasteiger partial charge < -0.3 is 9.72 Å². The smallest absolute Gasteiger partial charge is 0.266 e. The number of aromatic amines is 1. The van der Waals surface area contributed by atoms with E-state index in [9.17, 15) is 9.59 Å². The number of aryl methyl sites for hydroxylation is 2. The molecule has 1 unspecified atom stereocenters. The minimum absolute atomic E-state index is 0.150. The number of nitrogens with zero attached hydrogens (tertiary/aromatic N) is 3. The zero-order valence-electron chi connectivity index (χ0n) is 19.1.